The molecule has 0 radical (unpaired) electrons. The van der Waals surface area contributed by atoms with E-state index >= 15 is 0 Å². The van der Waals surface area contributed by atoms with Crippen LogP contribution in [0.3, 0.4) is 0 Å². The number of hydrogen-bond acceptors (Lipinski definition) is 6. The molecule has 0 unspecified atom stereocenters. The van der Waals surface area contributed by atoms with Crippen LogP contribution in [0.4, 0.5) is 5.82 Å². The molecule has 0 aromatic carbocycles. The van der Waals surface area contributed by atoms with Crippen molar-refractivity contribution in [2.45, 2.75) is 38.6 Å². The number of likely N-dealkylation sites (tertiary alicyclic amines) is 1. The fourth-order valence-corrected chi connectivity index (χ4v) is 4.47. The number of aromatic nitrogens is 4. The molecule has 4 heterocycles. The van der Waals surface area contributed by atoms with Gasteiger partial charge in [-0.05, 0) is 50.4 Å². The van der Waals surface area contributed by atoms with Gasteiger partial charge in [-0.25, -0.2) is 4.98 Å². The van der Waals surface area contributed by atoms with Crippen molar-refractivity contribution in [2.24, 2.45) is 5.92 Å². The highest BCUT2D eigenvalue weighted by molar-refractivity contribution is 6.28. The maximum absolute atomic E-state index is 12.8. The van der Waals surface area contributed by atoms with Crippen molar-refractivity contribution >= 4 is 34.5 Å². The standard InChI is InChI=1S/C18H26ClN7O/c1-2-25-7-4-6-13(25)9-20-17(27)12-5-3-8-26(10-12)16-14-15(22-11-21-14)23-18(19)24-16/h11-13H,2-10H2,1H3,(H,20,27)(H,21,22,23,24)/t12-,13+/m0/s1. The van der Waals surface area contributed by atoms with Crippen LogP contribution >= 0.6 is 11.6 Å². The molecule has 0 bridgehead atoms. The summed E-state index contributed by atoms with van der Waals surface area (Å²) in [6.45, 7) is 6.59. The van der Waals surface area contributed by atoms with E-state index in [1.807, 2.05) is 0 Å². The molecule has 0 spiro atoms. The Morgan fingerprint density at radius 1 is 1.33 bits per heavy atom. The normalized spacial score (nSPS) is 23.9. The summed E-state index contributed by atoms with van der Waals surface area (Å²) in [7, 11) is 0. The predicted octanol–water partition coefficient (Wildman–Crippen LogP) is 1.82. The molecule has 2 saturated heterocycles. The zero-order valence-electron chi connectivity index (χ0n) is 15.6. The summed E-state index contributed by atoms with van der Waals surface area (Å²) < 4.78 is 0. The molecule has 2 aliphatic heterocycles. The van der Waals surface area contributed by atoms with Crippen molar-refractivity contribution in [3.05, 3.63) is 11.6 Å². The summed E-state index contributed by atoms with van der Waals surface area (Å²) in [5, 5.41) is 3.37. The van der Waals surface area contributed by atoms with E-state index in [-0.39, 0.29) is 17.1 Å². The van der Waals surface area contributed by atoms with Crippen molar-refractivity contribution in [3.8, 4) is 0 Å². The molecule has 0 saturated carbocycles. The van der Waals surface area contributed by atoms with Gasteiger partial charge in [0.15, 0.2) is 11.5 Å². The molecule has 1 amide bonds. The van der Waals surface area contributed by atoms with E-state index in [1.54, 1.807) is 6.33 Å². The number of aromatic amines is 1. The van der Waals surface area contributed by atoms with Gasteiger partial charge < -0.3 is 15.2 Å². The number of carbonyl (C=O) groups is 1. The van der Waals surface area contributed by atoms with Crippen LogP contribution in [0.25, 0.3) is 11.2 Å². The van der Waals surface area contributed by atoms with Crippen LogP contribution in [0.5, 0.6) is 0 Å². The highest BCUT2D eigenvalue weighted by Gasteiger charge is 2.29. The third-order valence-electron chi connectivity index (χ3n) is 5.75. The van der Waals surface area contributed by atoms with Gasteiger partial charge in [0.2, 0.25) is 11.2 Å². The van der Waals surface area contributed by atoms with Gasteiger partial charge in [0.25, 0.3) is 0 Å². The SMILES string of the molecule is CCN1CCC[C@@H]1CNC(=O)[C@H]1CCCN(c2nc(Cl)nc3nc[nH]c23)C1. The van der Waals surface area contributed by atoms with Crippen molar-refractivity contribution in [1.29, 1.82) is 0 Å². The Morgan fingerprint density at radius 2 is 2.19 bits per heavy atom. The first-order chi connectivity index (χ1) is 13.2. The Balaban J connectivity index is 1.41. The second-order valence-corrected chi connectivity index (χ2v) is 7.71. The highest BCUT2D eigenvalue weighted by Crippen LogP contribution is 2.27. The molecule has 4 rings (SSSR count). The molecular formula is C18H26ClN7O. The summed E-state index contributed by atoms with van der Waals surface area (Å²) >= 11 is 6.06. The molecule has 2 fully saturated rings. The Hall–Kier alpha value is -1.93. The van der Waals surface area contributed by atoms with Crippen LogP contribution in [0.1, 0.15) is 32.6 Å². The number of piperidine rings is 1. The number of nitrogens with zero attached hydrogens (tertiary/aromatic N) is 5. The van der Waals surface area contributed by atoms with Crippen molar-refractivity contribution in [2.75, 3.05) is 37.6 Å². The molecule has 9 heteroatoms. The minimum Gasteiger partial charge on any atom is -0.354 e. The predicted molar refractivity (Wildman–Crippen MR) is 105 cm³/mol. The molecular weight excluding hydrogens is 366 g/mol. The van der Waals surface area contributed by atoms with E-state index in [0.29, 0.717) is 18.2 Å². The van der Waals surface area contributed by atoms with E-state index in [2.05, 4.69) is 42.0 Å². The second-order valence-electron chi connectivity index (χ2n) is 7.37. The number of likely N-dealkylation sites (N-methyl/N-ethyl adjacent to an activating group) is 1. The fraction of sp³-hybridized carbons (Fsp3) is 0.667. The number of anilines is 1. The molecule has 8 nitrogen and oxygen atoms in total. The Bertz CT molecular complexity index is 810. The smallest absolute Gasteiger partial charge is 0.226 e. The van der Waals surface area contributed by atoms with Crippen LogP contribution in [0, 0.1) is 5.92 Å². The monoisotopic (exact) mass is 391 g/mol. The molecule has 2 aliphatic rings. The van der Waals surface area contributed by atoms with E-state index in [1.165, 1.54) is 12.8 Å². The average Bonchev–Trinajstić information content (AvgIpc) is 3.34. The van der Waals surface area contributed by atoms with Gasteiger partial charge in [-0.15, -0.1) is 0 Å². The molecule has 2 atom stereocenters. The van der Waals surface area contributed by atoms with Crippen LogP contribution in [0.15, 0.2) is 6.33 Å². The minimum atomic E-state index is -0.0399. The first-order valence-electron chi connectivity index (χ1n) is 9.79. The van der Waals surface area contributed by atoms with Crippen LogP contribution in [0.2, 0.25) is 5.28 Å². The zero-order chi connectivity index (χ0) is 18.8. The fourth-order valence-electron chi connectivity index (χ4n) is 4.31. The first-order valence-corrected chi connectivity index (χ1v) is 10.2. The van der Waals surface area contributed by atoms with Gasteiger partial charge in [-0.3, -0.25) is 9.69 Å². The Morgan fingerprint density at radius 3 is 3.04 bits per heavy atom. The Kier molecular flexibility index (Phi) is 5.45. The maximum atomic E-state index is 12.8. The van der Waals surface area contributed by atoms with Crippen LogP contribution in [-0.4, -0.2) is 69.5 Å². The van der Waals surface area contributed by atoms with Gasteiger partial charge in [0.05, 0.1) is 12.2 Å². The zero-order valence-corrected chi connectivity index (χ0v) is 16.4. The summed E-state index contributed by atoms with van der Waals surface area (Å²) in [5.74, 6) is 0.832. The quantitative estimate of drug-likeness (QED) is 0.755. The lowest BCUT2D eigenvalue weighted by atomic mass is 9.97. The third-order valence-corrected chi connectivity index (χ3v) is 5.92. The number of rotatable bonds is 5. The highest BCUT2D eigenvalue weighted by atomic mass is 35.5. The van der Waals surface area contributed by atoms with E-state index in [4.69, 9.17) is 11.6 Å². The maximum Gasteiger partial charge on any atom is 0.226 e. The average molecular weight is 392 g/mol. The van der Waals surface area contributed by atoms with Gasteiger partial charge in [-0.1, -0.05) is 6.92 Å². The van der Waals surface area contributed by atoms with E-state index < -0.39 is 0 Å². The second kappa shape index (κ2) is 7.98. The molecule has 2 N–H and O–H groups in total. The number of imidazole rings is 1. The molecule has 27 heavy (non-hydrogen) atoms. The van der Waals surface area contributed by atoms with Crippen molar-refractivity contribution in [1.82, 2.24) is 30.2 Å². The van der Waals surface area contributed by atoms with Crippen LogP contribution in [-0.2, 0) is 4.79 Å². The Labute approximate surface area is 163 Å². The molecule has 2 aromatic rings. The number of H-pyrrole nitrogens is 1. The number of carbonyl (C=O) groups excluding carboxylic acids is 1. The summed E-state index contributed by atoms with van der Waals surface area (Å²) in [6.07, 6.45) is 5.83. The lowest BCUT2D eigenvalue weighted by Gasteiger charge is -2.33. The summed E-state index contributed by atoms with van der Waals surface area (Å²) in [5.41, 5.74) is 1.32. The minimum absolute atomic E-state index is 0.0399. The van der Waals surface area contributed by atoms with Crippen molar-refractivity contribution < 1.29 is 4.79 Å². The molecule has 2 aromatic heterocycles. The number of hydrogen-bond donors (Lipinski definition) is 2. The number of nitrogens with one attached hydrogen (secondary N) is 2. The van der Waals surface area contributed by atoms with Gasteiger partial charge in [-0.2, -0.15) is 9.97 Å². The van der Waals surface area contributed by atoms with Crippen molar-refractivity contribution in [3.63, 3.8) is 0 Å². The summed E-state index contributed by atoms with van der Waals surface area (Å²) in [6, 6.07) is 0.476. The lowest BCUT2D eigenvalue weighted by Crippen LogP contribution is -2.46. The number of fused-ring (bicyclic) bond motifs is 1. The first kappa shape index (κ1) is 18.4. The van der Waals surface area contributed by atoms with Gasteiger partial charge in [0, 0.05) is 25.7 Å². The van der Waals surface area contributed by atoms with E-state index in [9.17, 15) is 4.79 Å². The van der Waals surface area contributed by atoms with Gasteiger partial charge in [0.1, 0.15) is 5.52 Å². The van der Waals surface area contributed by atoms with E-state index in [0.717, 1.165) is 50.4 Å². The lowest BCUT2D eigenvalue weighted by molar-refractivity contribution is -0.125. The third kappa shape index (κ3) is 3.87. The molecule has 146 valence electrons. The topological polar surface area (TPSA) is 90.0 Å². The summed E-state index contributed by atoms with van der Waals surface area (Å²) in [4.78, 5) is 33.1. The van der Waals surface area contributed by atoms with Crippen LogP contribution < -0.4 is 10.2 Å². The van der Waals surface area contributed by atoms with Gasteiger partial charge >= 0.3 is 0 Å². The number of halogens is 1. The number of amides is 1. The largest absolute Gasteiger partial charge is 0.354 e. The molecule has 0 aliphatic carbocycles.